The predicted molar refractivity (Wildman–Crippen MR) is 166 cm³/mol. The van der Waals surface area contributed by atoms with Gasteiger partial charge in [0.05, 0.1) is 30.6 Å². The predicted octanol–water partition coefficient (Wildman–Crippen LogP) is 4.79. The third-order valence-electron chi connectivity index (χ3n) is 8.26. The molecule has 0 radical (unpaired) electrons. The van der Waals surface area contributed by atoms with E-state index in [0.29, 0.717) is 32.2 Å². The summed E-state index contributed by atoms with van der Waals surface area (Å²) in [6, 6.07) is 7.51. The van der Waals surface area contributed by atoms with Crippen LogP contribution in [0.15, 0.2) is 42.5 Å². The number of hydrogen-bond donors (Lipinski definition) is 4. The number of benzene rings is 1. The van der Waals surface area contributed by atoms with Crippen molar-refractivity contribution in [1.29, 1.82) is 0 Å². The molecule has 3 amide bonds. The molecule has 2 aliphatic rings. The van der Waals surface area contributed by atoms with Crippen LogP contribution in [0.1, 0.15) is 90.5 Å². The van der Waals surface area contributed by atoms with Crippen molar-refractivity contribution in [3.63, 3.8) is 0 Å². The molecular weight excluding hydrogens is 569 g/mol. The van der Waals surface area contributed by atoms with E-state index >= 15 is 0 Å². The molecule has 1 aromatic rings. The summed E-state index contributed by atoms with van der Waals surface area (Å²) < 4.78 is 24.7. The van der Waals surface area contributed by atoms with Gasteiger partial charge in [-0.3, -0.25) is 18.9 Å². The van der Waals surface area contributed by atoms with Crippen LogP contribution < -0.4 is 16.0 Å². The lowest BCUT2D eigenvalue weighted by Gasteiger charge is -2.36. The minimum Gasteiger partial charge on any atom is -0.379 e. The van der Waals surface area contributed by atoms with Gasteiger partial charge in [0.15, 0.2) is 5.85 Å². The summed E-state index contributed by atoms with van der Waals surface area (Å²) in [5, 5.41) is 20.3. The molecule has 1 fully saturated rings. The second-order valence-electron chi connectivity index (χ2n) is 12.0. The van der Waals surface area contributed by atoms with E-state index < -0.39 is 42.8 Å². The number of carbonyl (C=O) groups excluding carboxylic acids is 3. The number of rotatable bonds is 9. The van der Waals surface area contributed by atoms with Gasteiger partial charge in [0.1, 0.15) is 6.04 Å². The number of aliphatic hydroxyl groups excluding tert-OH is 1. The molecular formula is C32H50N3O7P. The maximum Gasteiger partial charge on any atom is 0.360 e. The topological polar surface area (TPSA) is 143 Å². The van der Waals surface area contributed by atoms with Crippen LogP contribution in [0.4, 0.5) is 0 Å². The first-order valence-corrected chi connectivity index (χ1v) is 17.3. The SMILES string of the molecule is CCOP(=O)(OCC)C(O)[C@@H]1CC2(C/C=C/CCCCC(c3ccccc3)C(=O)N[C@@H](CC(C)C)C(=O)N1)CCNC2=O. The lowest BCUT2D eigenvalue weighted by Crippen LogP contribution is -2.55. The smallest absolute Gasteiger partial charge is 0.360 e. The fraction of sp³-hybridized carbons (Fsp3) is 0.656. The highest BCUT2D eigenvalue weighted by Crippen LogP contribution is 2.54. The van der Waals surface area contributed by atoms with Crippen LogP contribution in [0.5, 0.6) is 0 Å². The average Bonchev–Trinajstić information content (AvgIpc) is 3.32. The van der Waals surface area contributed by atoms with E-state index in [1.54, 1.807) is 13.8 Å². The van der Waals surface area contributed by atoms with E-state index in [2.05, 4.69) is 16.0 Å². The van der Waals surface area contributed by atoms with Crippen molar-refractivity contribution >= 4 is 25.3 Å². The van der Waals surface area contributed by atoms with E-state index in [1.165, 1.54) is 0 Å². The molecule has 1 aromatic carbocycles. The largest absolute Gasteiger partial charge is 0.379 e. The highest BCUT2D eigenvalue weighted by atomic mass is 31.2. The van der Waals surface area contributed by atoms with Crippen LogP contribution in [-0.4, -0.2) is 60.5 Å². The summed E-state index contributed by atoms with van der Waals surface area (Å²) in [5.74, 6) is -3.03. The molecule has 5 atom stereocenters. The number of nitrogens with one attached hydrogen (secondary N) is 3. The van der Waals surface area contributed by atoms with Gasteiger partial charge in [0.2, 0.25) is 17.7 Å². The Hall–Kier alpha value is -2.52. The first kappa shape index (κ1) is 35.0. The maximum absolute atomic E-state index is 14.0. The number of allylic oxidation sites excluding steroid dienone is 2. The van der Waals surface area contributed by atoms with Crippen LogP contribution in [0.3, 0.4) is 0 Å². The number of carbonyl (C=O) groups is 3. The molecule has 0 aliphatic carbocycles. The van der Waals surface area contributed by atoms with Crippen molar-refractivity contribution < 1.29 is 33.1 Å². The molecule has 0 aromatic heterocycles. The first-order valence-electron chi connectivity index (χ1n) is 15.7. The second-order valence-corrected chi connectivity index (χ2v) is 14.1. The number of hydrogen-bond acceptors (Lipinski definition) is 7. The average molecular weight is 620 g/mol. The molecule has 11 heteroatoms. The van der Waals surface area contributed by atoms with Crippen LogP contribution in [0.25, 0.3) is 0 Å². The van der Waals surface area contributed by atoms with Crippen molar-refractivity contribution in [3.8, 4) is 0 Å². The zero-order valence-electron chi connectivity index (χ0n) is 26.1. The molecule has 0 bridgehead atoms. The number of amides is 3. The van der Waals surface area contributed by atoms with Crippen LogP contribution in [0, 0.1) is 11.3 Å². The molecule has 240 valence electrons. The van der Waals surface area contributed by atoms with Gasteiger partial charge >= 0.3 is 7.60 Å². The van der Waals surface area contributed by atoms with Crippen LogP contribution >= 0.6 is 7.60 Å². The van der Waals surface area contributed by atoms with Crippen molar-refractivity contribution in [3.05, 3.63) is 48.0 Å². The Morgan fingerprint density at radius 2 is 1.70 bits per heavy atom. The Balaban J connectivity index is 2.03. The van der Waals surface area contributed by atoms with Gasteiger partial charge in [0.25, 0.3) is 0 Å². The van der Waals surface area contributed by atoms with Gasteiger partial charge in [-0.15, -0.1) is 0 Å². The standard InChI is InChI=1S/C32H50N3O7P/c1-5-41-43(40,42-6-2)30(38)27-22-32(19-20-33-31(32)39)18-14-9-7-8-13-17-25(24-15-11-10-12-16-24)28(36)34-26(21-23(3)4)29(37)35-27/h9-12,14-16,23,25-27,30,38H,5-8,13,17-22H2,1-4H3,(H,33,39)(H,34,36)(H,35,37)/b14-9+/t25?,26-,27-,30?,32?/m0/s1. The van der Waals surface area contributed by atoms with E-state index in [-0.39, 0.29) is 37.4 Å². The fourth-order valence-electron chi connectivity index (χ4n) is 6.04. The van der Waals surface area contributed by atoms with Crippen molar-refractivity contribution in [1.82, 2.24) is 16.0 Å². The lowest BCUT2D eigenvalue weighted by atomic mass is 9.77. The monoisotopic (exact) mass is 619 g/mol. The summed E-state index contributed by atoms with van der Waals surface area (Å²) >= 11 is 0. The van der Waals surface area contributed by atoms with Gasteiger partial charge in [-0.1, -0.05) is 62.8 Å². The van der Waals surface area contributed by atoms with Crippen LogP contribution in [-0.2, 0) is 28.0 Å². The maximum atomic E-state index is 14.0. The van der Waals surface area contributed by atoms with Crippen molar-refractivity contribution in [2.24, 2.45) is 11.3 Å². The number of aliphatic hydroxyl groups is 1. The molecule has 1 spiro atoms. The molecule has 3 unspecified atom stereocenters. The van der Waals surface area contributed by atoms with E-state index in [0.717, 1.165) is 24.8 Å². The summed E-state index contributed by atoms with van der Waals surface area (Å²) in [6.45, 7) is 7.72. The zero-order chi connectivity index (χ0) is 31.5. The highest BCUT2D eigenvalue weighted by Gasteiger charge is 2.49. The van der Waals surface area contributed by atoms with Gasteiger partial charge in [-0.05, 0) is 70.3 Å². The summed E-state index contributed by atoms with van der Waals surface area (Å²) in [7, 11) is -4.09. The molecule has 1 saturated heterocycles. The molecule has 4 N–H and O–H groups in total. The normalized spacial score (nSPS) is 27.9. The van der Waals surface area contributed by atoms with Gasteiger partial charge in [0, 0.05) is 6.54 Å². The minimum atomic E-state index is -4.09. The molecule has 43 heavy (non-hydrogen) atoms. The summed E-state index contributed by atoms with van der Waals surface area (Å²) in [4.78, 5) is 40.9. The quantitative estimate of drug-likeness (QED) is 0.230. The molecule has 2 heterocycles. The zero-order valence-corrected chi connectivity index (χ0v) is 26.9. The lowest BCUT2D eigenvalue weighted by molar-refractivity contribution is -0.132. The van der Waals surface area contributed by atoms with Gasteiger partial charge < -0.3 is 30.1 Å². The third-order valence-corrected chi connectivity index (χ3v) is 10.5. The van der Waals surface area contributed by atoms with E-state index in [4.69, 9.17) is 9.05 Å². The third kappa shape index (κ3) is 9.48. The van der Waals surface area contributed by atoms with E-state index in [9.17, 15) is 24.1 Å². The molecule has 0 saturated carbocycles. The summed E-state index contributed by atoms with van der Waals surface area (Å²) in [6.07, 6.45) is 8.42. The van der Waals surface area contributed by atoms with Crippen molar-refractivity contribution in [2.75, 3.05) is 19.8 Å². The minimum absolute atomic E-state index is 0.0230. The Kier molecular flexibility index (Phi) is 13.4. The van der Waals surface area contributed by atoms with Gasteiger partial charge in [-0.25, -0.2) is 0 Å². The Morgan fingerprint density at radius 1 is 1.00 bits per heavy atom. The second kappa shape index (κ2) is 16.5. The first-order chi connectivity index (χ1) is 20.5. The Morgan fingerprint density at radius 3 is 2.30 bits per heavy atom. The van der Waals surface area contributed by atoms with E-state index in [1.807, 2.05) is 56.3 Å². The molecule has 2 aliphatic heterocycles. The fourth-order valence-corrected chi connectivity index (χ4v) is 7.76. The Bertz CT molecular complexity index is 1140. The van der Waals surface area contributed by atoms with Crippen molar-refractivity contribution in [2.45, 2.75) is 103 Å². The molecule has 10 nitrogen and oxygen atoms in total. The van der Waals surface area contributed by atoms with Crippen LogP contribution in [0.2, 0.25) is 0 Å². The molecule has 3 rings (SSSR count). The van der Waals surface area contributed by atoms with Gasteiger partial charge in [-0.2, -0.15) is 0 Å². The Labute approximate surface area is 256 Å². The highest BCUT2D eigenvalue weighted by molar-refractivity contribution is 7.54. The summed E-state index contributed by atoms with van der Waals surface area (Å²) in [5.41, 5.74) is -0.0393.